The molecule has 0 heterocycles. The minimum atomic E-state index is -0.665. The van der Waals surface area contributed by atoms with Gasteiger partial charge in [-0.25, -0.2) is 0 Å². The molecule has 5 saturated carbocycles. The van der Waals surface area contributed by atoms with Crippen molar-refractivity contribution in [3.8, 4) is 0 Å². The summed E-state index contributed by atoms with van der Waals surface area (Å²) in [5.41, 5.74) is 0.589. The van der Waals surface area contributed by atoms with Gasteiger partial charge in [0.2, 0.25) is 0 Å². The Labute approximate surface area is 207 Å². The normalized spacial score (nSPS) is 54.8. The zero-order valence-corrected chi connectivity index (χ0v) is 22.6. The highest BCUT2D eigenvalue weighted by atomic mass is 16.4. The van der Waals surface area contributed by atoms with Crippen LogP contribution in [-0.2, 0) is 4.79 Å². The van der Waals surface area contributed by atoms with E-state index < -0.39 is 5.97 Å². The molecule has 0 bridgehead atoms. The number of fused-ring (bicyclic) bond motifs is 7. The van der Waals surface area contributed by atoms with Crippen LogP contribution in [0.2, 0.25) is 0 Å². The molecule has 3 N–H and O–H groups in total. The Bertz CT molecular complexity index is 838. The largest absolute Gasteiger partial charge is 0.481 e. The first-order valence-electron chi connectivity index (χ1n) is 14.3. The molecule has 11 atom stereocenters. The van der Waals surface area contributed by atoms with E-state index in [2.05, 4.69) is 34.6 Å². The molecule has 0 amide bonds. The Morgan fingerprint density at radius 2 is 1.56 bits per heavy atom. The third-order valence-corrected chi connectivity index (χ3v) is 14.0. The molecule has 0 unspecified atom stereocenters. The SMILES string of the molecule is C[C@@H](C(=O)O)[C@@H]1CC[C@@]2(CO)CC[C@]3(C)[C@@H](CC[C@@H]4[C@]5(C)CC[C@H](O)C(C)(C)[C@@H]5CC[C@@]43C)[C@H]12. The smallest absolute Gasteiger partial charge is 0.306 e. The van der Waals surface area contributed by atoms with Crippen molar-refractivity contribution in [3.63, 3.8) is 0 Å². The lowest BCUT2D eigenvalue weighted by Crippen LogP contribution is -2.67. The Hall–Kier alpha value is -0.610. The van der Waals surface area contributed by atoms with Crippen molar-refractivity contribution in [2.45, 2.75) is 112 Å². The lowest BCUT2D eigenvalue weighted by atomic mass is 9.32. The van der Waals surface area contributed by atoms with Crippen molar-refractivity contribution < 1.29 is 20.1 Å². The molecule has 0 aliphatic heterocycles. The molecule has 0 radical (unpaired) electrons. The van der Waals surface area contributed by atoms with Gasteiger partial charge in [-0.05, 0) is 121 Å². The van der Waals surface area contributed by atoms with E-state index in [0.717, 1.165) is 32.1 Å². The number of hydrogen-bond donors (Lipinski definition) is 3. The van der Waals surface area contributed by atoms with Crippen molar-refractivity contribution in [2.24, 2.45) is 62.6 Å². The highest BCUT2D eigenvalue weighted by Crippen LogP contribution is 2.77. The quantitative estimate of drug-likeness (QED) is 0.459. The molecular formula is C30H50O4. The third kappa shape index (κ3) is 2.93. The number of aliphatic hydroxyl groups is 2. The van der Waals surface area contributed by atoms with Crippen LogP contribution in [0, 0.1) is 62.6 Å². The van der Waals surface area contributed by atoms with Crippen LogP contribution in [0.25, 0.3) is 0 Å². The molecule has 4 heteroatoms. The van der Waals surface area contributed by atoms with Crippen LogP contribution >= 0.6 is 0 Å². The van der Waals surface area contributed by atoms with E-state index in [0.29, 0.717) is 23.7 Å². The van der Waals surface area contributed by atoms with Crippen LogP contribution < -0.4 is 0 Å². The summed E-state index contributed by atoms with van der Waals surface area (Å²) in [6, 6.07) is 0. The molecule has 0 aromatic carbocycles. The monoisotopic (exact) mass is 474 g/mol. The fourth-order valence-corrected chi connectivity index (χ4v) is 11.8. The fourth-order valence-electron chi connectivity index (χ4n) is 11.8. The Kier molecular flexibility index (Phi) is 5.67. The highest BCUT2D eigenvalue weighted by Gasteiger charge is 2.71. The Morgan fingerprint density at radius 3 is 2.21 bits per heavy atom. The van der Waals surface area contributed by atoms with Gasteiger partial charge in [0, 0.05) is 6.61 Å². The minimum absolute atomic E-state index is 0.0296. The molecule has 0 aromatic heterocycles. The summed E-state index contributed by atoms with van der Waals surface area (Å²) in [5, 5.41) is 31.5. The highest BCUT2D eigenvalue weighted by molar-refractivity contribution is 5.70. The van der Waals surface area contributed by atoms with Crippen molar-refractivity contribution in [2.75, 3.05) is 6.61 Å². The molecule has 5 aliphatic rings. The lowest BCUT2D eigenvalue weighted by molar-refractivity contribution is -0.251. The van der Waals surface area contributed by atoms with E-state index in [1.165, 1.54) is 32.1 Å². The van der Waals surface area contributed by atoms with Crippen LogP contribution in [0.5, 0.6) is 0 Å². The fraction of sp³-hybridized carbons (Fsp3) is 0.967. The summed E-state index contributed by atoms with van der Waals surface area (Å²) >= 11 is 0. The van der Waals surface area contributed by atoms with Crippen molar-refractivity contribution in [1.29, 1.82) is 0 Å². The number of carboxylic acids is 1. The number of rotatable bonds is 3. The summed E-state index contributed by atoms with van der Waals surface area (Å²) in [6.07, 6.45) is 10.8. The van der Waals surface area contributed by atoms with Crippen LogP contribution in [-0.4, -0.2) is 34.0 Å². The van der Waals surface area contributed by atoms with Gasteiger partial charge in [-0.2, -0.15) is 0 Å². The predicted molar refractivity (Wildman–Crippen MR) is 134 cm³/mol. The standard InChI is InChI=1S/C30H50O4/c1-18(25(33)34)19-9-14-30(17-31)16-15-28(5)20(24(19)30)7-8-22-27(4)12-11-23(32)26(2,3)21(27)10-13-29(22,28)6/h18-24,31-32H,7-17H2,1-6H3,(H,33,34)/t18-,19+,20+,21+,22-,23+,24+,27-,28-,29+,30+/m1/s1. The Morgan fingerprint density at radius 1 is 0.853 bits per heavy atom. The maximum atomic E-state index is 12.1. The molecule has 0 saturated heterocycles. The van der Waals surface area contributed by atoms with Crippen molar-refractivity contribution in [1.82, 2.24) is 0 Å². The molecule has 5 rings (SSSR count). The minimum Gasteiger partial charge on any atom is -0.481 e. The maximum absolute atomic E-state index is 12.1. The third-order valence-electron chi connectivity index (χ3n) is 14.0. The number of aliphatic carboxylic acids is 1. The van der Waals surface area contributed by atoms with Gasteiger partial charge in [-0.15, -0.1) is 0 Å². The van der Waals surface area contributed by atoms with E-state index in [9.17, 15) is 20.1 Å². The second-order valence-corrected chi connectivity index (χ2v) is 14.9. The van der Waals surface area contributed by atoms with Gasteiger partial charge >= 0.3 is 5.97 Å². The van der Waals surface area contributed by atoms with Crippen LogP contribution in [0.15, 0.2) is 0 Å². The zero-order chi connectivity index (χ0) is 24.9. The summed E-state index contributed by atoms with van der Waals surface area (Å²) in [5.74, 6) is 1.24. The van der Waals surface area contributed by atoms with Crippen LogP contribution in [0.3, 0.4) is 0 Å². The average Bonchev–Trinajstić information content (AvgIpc) is 3.16. The number of hydrogen-bond acceptors (Lipinski definition) is 3. The zero-order valence-electron chi connectivity index (χ0n) is 22.6. The second-order valence-electron chi connectivity index (χ2n) is 14.9. The first-order valence-corrected chi connectivity index (χ1v) is 14.3. The van der Waals surface area contributed by atoms with Crippen LogP contribution in [0.1, 0.15) is 106 Å². The molecule has 0 aromatic rings. The van der Waals surface area contributed by atoms with E-state index >= 15 is 0 Å². The van der Waals surface area contributed by atoms with Crippen molar-refractivity contribution in [3.05, 3.63) is 0 Å². The number of carbonyl (C=O) groups is 1. The van der Waals surface area contributed by atoms with Gasteiger partial charge < -0.3 is 15.3 Å². The van der Waals surface area contributed by atoms with Gasteiger partial charge in [-0.1, -0.05) is 41.5 Å². The summed E-state index contributed by atoms with van der Waals surface area (Å²) in [7, 11) is 0. The van der Waals surface area contributed by atoms with E-state index in [-0.39, 0.29) is 51.6 Å². The first-order chi connectivity index (χ1) is 15.8. The number of carboxylic acid groups (broad SMARTS) is 1. The molecule has 4 nitrogen and oxygen atoms in total. The summed E-state index contributed by atoms with van der Waals surface area (Å²) in [6.45, 7) is 14.5. The molecule has 0 spiro atoms. The van der Waals surface area contributed by atoms with Gasteiger partial charge in [0.05, 0.1) is 12.0 Å². The van der Waals surface area contributed by atoms with Crippen molar-refractivity contribution >= 4 is 5.97 Å². The molecular weight excluding hydrogens is 424 g/mol. The molecule has 5 aliphatic carbocycles. The van der Waals surface area contributed by atoms with Gasteiger partial charge in [-0.3, -0.25) is 4.79 Å². The average molecular weight is 475 g/mol. The maximum Gasteiger partial charge on any atom is 0.306 e. The number of aliphatic hydroxyl groups excluding tert-OH is 2. The van der Waals surface area contributed by atoms with E-state index in [4.69, 9.17) is 0 Å². The molecule has 5 fully saturated rings. The summed E-state index contributed by atoms with van der Waals surface area (Å²) < 4.78 is 0. The van der Waals surface area contributed by atoms with E-state index in [1.54, 1.807) is 0 Å². The lowest BCUT2D eigenvalue weighted by Gasteiger charge is -2.73. The van der Waals surface area contributed by atoms with E-state index in [1.807, 2.05) is 6.92 Å². The second kappa shape index (κ2) is 7.70. The molecule has 34 heavy (non-hydrogen) atoms. The topological polar surface area (TPSA) is 77.8 Å². The van der Waals surface area contributed by atoms with Gasteiger partial charge in [0.1, 0.15) is 0 Å². The predicted octanol–water partition coefficient (Wildman–Crippen LogP) is 6.14. The Balaban J connectivity index is 1.54. The van der Waals surface area contributed by atoms with Gasteiger partial charge in [0.15, 0.2) is 0 Å². The van der Waals surface area contributed by atoms with Crippen LogP contribution in [0.4, 0.5) is 0 Å². The summed E-state index contributed by atoms with van der Waals surface area (Å²) in [4.78, 5) is 12.1. The molecule has 194 valence electrons. The van der Waals surface area contributed by atoms with Gasteiger partial charge in [0.25, 0.3) is 0 Å². The first kappa shape index (κ1) is 25.1.